The molecule has 2 aromatic rings. The first kappa shape index (κ1) is 11.6. The SMILES string of the molecule is CNCCC(C)(C)c1cccc2ccsc12. The molecule has 2 heteroatoms. The van der Waals surface area contributed by atoms with Gasteiger partial charge in [-0.1, -0.05) is 32.0 Å². The molecule has 0 spiro atoms. The molecule has 0 saturated heterocycles. The minimum atomic E-state index is 0.243. The molecular formula is C14H19NS. The second-order valence-corrected chi connectivity index (χ2v) is 5.80. The van der Waals surface area contributed by atoms with E-state index in [1.165, 1.54) is 22.1 Å². The summed E-state index contributed by atoms with van der Waals surface area (Å²) in [6.45, 7) is 5.73. The van der Waals surface area contributed by atoms with Gasteiger partial charge in [-0.05, 0) is 47.8 Å². The van der Waals surface area contributed by atoms with Crippen LogP contribution in [0.25, 0.3) is 10.1 Å². The van der Waals surface area contributed by atoms with Crippen molar-refractivity contribution in [2.24, 2.45) is 0 Å². The zero-order chi connectivity index (χ0) is 11.6. The van der Waals surface area contributed by atoms with Gasteiger partial charge in [-0.2, -0.15) is 0 Å². The van der Waals surface area contributed by atoms with Gasteiger partial charge in [-0.25, -0.2) is 0 Å². The Morgan fingerprint density at radius 1 is 1.25 bits per heavy atom. The maximum Gasteiger partial charge on any atom is 0.0380 e. The molecule has 1 aromatic heterocycles. The minimum Gasteiger partial charge on any atom is -0.320 e. The molecule has 16 heavy (non-hydrogen) atoms. The van der Waals surface area contributed by atoms with Crippen LogP contribution in [0.3, 0.4) is 0 Å². The molecule has 0 aliphatic heterocycles. The third-order valence-corrected chi connectivity index (χ3v) is 4.17. The van der Waals surface area contributed by atoms with E-state index in [4.69, 9.17) is 0 Å². The average molecular weight is 233 g/mol. The van der Waals surface area contributed by atoms with Crippen molar-refractivity contribution in [3.8, 4) is 0 Å². The summed E-state index contributed by atoms with van der Waals surface area (Å²) in [6, 6.07) is 8.85. The molecule has 0 aliphatic carbocycles. The van der Waals surface area contributed by atoms with Crippen molar-refractivity contribution < 1.29 is 0 Å². The van der Waals surface area contributed by atoms with Gasteiger partial charge < -0.3 is 5.32 Å². The van der Waals surface area contributed by atoms with Crippen molar-refractivity contribution in [3.63, 3.8) is 0 Å². The van der Waals surface area contributed by atoms with E-state index in [0.717, 1.165) is 6.54 Å². The molecule has 0 unspecified atom stereocenters. The number of rotatable bonds is 4. The number of fused-ring (bicyclic) bond motifs is 1. The Bertz CT molecular complexity index is 470. The van der Waals surface area contributed by atoms with Gasteiger partial charge in [0.05, 0.1) is 0 Å². The third-order valence-electron chi connectivity index (χ3n) is 3.21. The molecule has 0 radical (unpaired) electrons. The molecule has 0 fully saturated rings. The zero-order valence-electron chi connectivity index (χ0n) is 10.2. The molecular weight excluding hydrogens is 214 g/mol. The number of hydrogen-bond donors (Lipinski definition) is 1. The van der Waals surface area contributed by atoms with Crippen LogP contribution >= 0.6 is 11.3 Å². The number of hydrogen-bond acceptors (Lipinski definition) is 2. The lowest BCUT2D eigenvalue weighted by molar-refractivity contribution is 0.473. The van der Waals surface area contributed by atoms with Crippen molar-refractivity contribution in [2.45, 2.75) is 25.7 Å². The average Bonchev–Trinajstić information content (AvgIpc) is 2.73. The summed E-state index contributed by atoms with van der Waals surface area (Å²) in [5.41, 5.74) is 1.73. The van der Waals surface area contributed by atoms with Crippen LogP contribution in [-0.4, -0.2) is 13.6 Å². The van der Waals surface area contributed by atoms with E-state index in [0.29, 0.717) is 0 Å². The summed E-state index contributed by atoms with van der Waals surface area (Å²) in [5.74, 6) is 0. The van der Waals surface area contributed by atoms with Crippen LogP contribution in [0.5, 0.6) is 0 Å². The molecule has 0 saturated carbocycles. The Morgan fingerprint density at radius 2 is 2.06 bits per heavy atom. The van der Waals surface area contributed by atoms with Crippen LogP contribution in [-0.2, 0) is 5.41 Å². The Morgan fingerprint density at radius 3 is 2.81 bits per heavy atom. The second-order valence-electron chi connectivity index (χ2n) is 4.88. The number of nitrogens with one attached hydrogen (secondary N) is 1. The van der Waals surface area contributed by atoms with E-state index in [9.17, 15) is 0 Å². The van der Waals surface area contributed by atoms with E-state index in [1.54, 1.807) is 0 Å². The summed E-state index contributed by atoms with van der Waals surface area (Å²) in [4.78, 5) is 0. The predicted molar refractivity (Wildman–Crippen MR) is 73.4 cm³/mol. The lowest BCUT2D eigenvalue weighted by atomic mass is 9.81. The van der Waals surface area contributed by atoms with E-state index in [2.05, 4.69) is 48.8 Å². The molecule has 1 heterocycles. The largest absolute Gasteiger partial charge is 0.320 e. The molecule has 1 N–H and O–H groups in total. The maximum absolute atomic E-state index is 3.24. The van der Waals surface area contributed by atoms with Gasteiger partial charge in [0.1, 0.15) is 0 Å². The summed E-state index contributed by atoms with van der Waals surface area (Å²) in [7, 11) is 2.02. The highest BCUT2D eigenvalue weighted by Crippen LogP contribution is 2.35. The molecule has 0 bridgehead atoms. The highest BCUT2D eigenvalue weighted by atomic mass is 32.1. The number of benzene rings is 1. The smallest absolute Gasteiger partial charge is 0.0380 e. The van der Waals surface area contributed by atoms with Gasteiger partial charge in [-0.3, -0.25) is 0 Å². The maximum atomic E-state index is 3.24. The van der Waals surface area contributed by atoms with Gasteiger partial charge in [0.2, 0.25) is 0 Å². The Hall–Kier alpha value is -0.860. The van der Waals surface area contributed by atoms with E-state index in [1.807, 2.05) is 18.4 Å². The van der Waals surface area contributed by atoms with Gasteiger partial charge >= 0.3 is 0 Å². The van der Waals surface area contributed by atoms with Crippen LogP contribution < -0.4 is 5.32 Å². The topological polar surface area (TPSA) is 12.0 Å². The van der Waals surface area contributed by atoms with Crippen molar-refractivity contribution in [2.75, 3.05) is 13.6 Å². The summed E-state index contributed by atoms with van der Waals surface area (Å²) in [5, 5.41) is 6.80. The fraction of sp³-hybridized carbons (Fsp3) is 0.429. The van der Waals surface area contributed by atoms with Crippen LogP contribution in [0.2, 0.25) is 0 Å². The van der Waals surface area contributed by atoms with Crippen molar-refractivity contribution in [1.82, 2.24) is 5.32 Å². The van der Waals surface area contributed by atoms with Gasteiger partial charge in [-0.15, -0.1) is 11.3 Å². The quantitative estimate of drug-likeness (QED) is 0.847. The van der Waals surface area contributed by atoms with E-state index < -0.39 is 0 Å². The fourth-order valence-corrected chi connectivity index (χ4v) is 3.19. The first-order chi connectivity index (χ1) is 7.65. The monoisotopic (exact) mass is 233 g/mol. The molecule has 1 nitrogen and oxygen atoms in total. The predicted octanol–water partition coefficient (Wildman–Crippen LogP) is 3.79. The van der Waals surface area contributed by atoms with E-state index >= 15 is 0 Å². The normalized spacial score (nSPS) is 12.2. The van der Waals surface area contributed by atoms with Crippen molar-refractivity contribution in [1.29, 1.82) is 0 Å². The molecule has 2 rings (SSSR count). The Balaban J connectivity index is 2.41. The first-order valence-corrected chi connectivity index (χ1v) is 6.64. The van der Waals surface area contributed by atoms with Gasteiger partial charge in [0.15, 0.2) is 0 Å². The Kier molecular flexibility index (Phi) is 3.31. The summed E-state index contributed by atoms with van der Waals surface area (Å²) in [6.07, 6.45) is 1.17. The minimum absolute atomic E-state index is 0.243. The highest BCUT2D eigenvalue weighted by molar-refractivity contribution is 7.17. The van der Waals surface area contributed by atoms with Crippen molar-refractivity contribution in [3.05, 3.63) is 35.2 Å². The standard InChI is InChI=1S/C14H19NS/c1-14(2,8-9-15-3)12-6-4-5-11-7-10-16-13(11)12/h4-7,10,15H,8-9H2,1-3H3. The van der Waals surface area contributed by atoms with Gasteiger partial charge in [0.25, 0.3) is 0 Å². The van der Waals surface area contributed by atoms with Crippen molar-refractivity contribution >= 4 is 21.4 Å². The third kappa shape index (κ3) is 2.13. The lowest BCUT2D eigenvalue weighted by Gasteiger charge is -2.25. The summed E-state index contributed by atoms with van der Waals surface area (Å²) < 4.78 is 1.45. The second kappa shape index (κ2) is 4.56. The molecule has 0 aliphatic rings. The zero-order valence-corrected chi connectivity index (χ0v) is 11.0. The van der Waals surface area contributed by atoms with E-state index in [-0.39, 0.29) is 5.41 Å². The summed E-state index contributed by atoms with van der Waals surface area (Å²) >= 11 is 1.85. The lowest BCUT2D eigenvalue weighted by Crippen LogP contribution is -2.23. The Labute approximate surface area is 101 Å². The highest BCUT2D eigenvalue weighted by Gasteiger charge is 2.22. The molecule has 0 amide bonds. The van der Waals surface area contributed by atoms with Crippen LogP contribution in [0.4, 0.5) is 0 Å². The number of thiophene rings is 1. The molecule has 1 aromatic carbocycles. The van der Waals surface area contributed by atoms with Crippen LogP contribution in [0, 0.1) is 0 Å². The van der Waals surface area contributed by atoms with Crippen LogP contribution in [0.15, 0.2) is 29.6 Å². The van der Waals surface area contributed by atoms with Crippen LogP contribution in [0.1, 0.15) is 25.8 Å². The van der Waals surface area contributed by atoms with Gasteiger partial charge in [0, 0.05) is 4.70 Å². The molecule has 86 valence electrons. The first-order valence-electron chi connectivity index (χ1n) is 5.76. The molecule has 0 atom stereocenters. The fourth-order valence-electron chi connectivity index (χ4n) is 2.10.